The van der Waals surface area contributed by atoms with Crippen LogP contribution in [0.1, 0.15) is 45.2 Å². The number of hydrogen-bond acceptors (Lipinski definition) is 0. The Morgan fingerprint density at radius 3 is 2.05 bits per heavy atom. The van der Waals surface area contributed by atoms with Gasteiger partial charge in [0.25, 0.3) is 0 Å². The molecule has 0 atom stereocenters. The third kappa shape index (κ3) is 9.99. The van der Waals surface area contributed by atoms with Crippen LogP contribution in [0.2, 0.25) is 13.1 Å². The molecule has 0 aromatic heterocycles. The molecule has 0 aliphatic rings. The first-order valence-electron chi connectivity index (χ1n) is 12.7. The summed E-state index contributed by atoms with van der Waals surface area (Å²) in [6.07, 6.45) is 2.36. The Morgan fingerprint density at radius 2 is 1.46 bits per heavy atom. The van der Waals surface area contributed by atoms with E-state index in [2.05, 4.69) is 138 Å². The van der Waals surface area contributed by atoms with Gasteiger partial charge in [-0.2, -0.15) is 23.6 Å². The van der Waals surface area contributed by atoms with Crippen molar-refractivity contribution in [2.75, 3.05) is 0 Å². The molecule has 5 aromatic carbocycles. The molecule has 0 fully saturated rings. The number of rotatable bonds is 3. The number of halogens is 2. The van der Waals surface area contributed by atoms with Crippen molar-refractivity contribution in [1.29, 1.82) is 0 Å². The first kappa shape index (κ1) is 31.8. The molecule has 0 saturated carbocycles. The minimum Gasteiger partial charge on any atom is -0.168 e. The molecular formula is C33H38Cl2SiZr. The van der Waals surface area contributed by atoms with Crippen LogP contribution in [0.3, 0.4) is 0 Å². The van der Waals surface area contributed by atoms with Gasteiger partial charge in [-0.15, -0.1) is 64.2 Å². The molecule has 192 valence electrons. The molecule has 0 bridgehead atoms. The summed E-state index contributed by atoms with van der Waals surface area (Å²) < 4.78 is 0. The number of aryl methyl sites for hydroxylation is 1. The zero-order valence-corrected chi connectivity index (χ0v) is 27.9. The van der Waals surface area contributed by atoms with Gasteiger partial charge in [0.15, 0.2) is 0 Å². The van der Waals surface area contributed by atoms with Crippen LogP contribution in [0.4, 0.5) is 0 Å². The molecule has 0 unspecified atom stereocenters. The van der Waals surface area contributed by atoms with Crippen molar-refractivity contribution in [3.63, 3.8) is 0 Å². The molecule has 2 radical (unpaired) electrons. The van der Waals surface area contributed by atoms with Gasteiger partial charge in [0.2, 0.25) is 0 Å². The summed E-state index contributed by atoms with van der Waals surface area (Å²) >= 11 is -0.826. The van der Waals surface area contributed by atoms with Crippen LogP contribution in [0, 0.1) is 0 Å². The molecule has 37 heavy (non-hydrogen) atoms. The van der Waals surface area contributed by atoms with E-state index >= 15 is 0 Å². The fourth-order valence-corrected chi connectivity index (χ4v) is 4.20. The van der Waals surface area contributed by atoms with Gasteiger partial charge in [0.05, 0.1) is 0 Å². The van der Waals surface area contributed by atoms with Gasteiger partial charge in [-0.1, -0.05) is 89.2 Å². The summed E-state index contributed by atoms with van der Waals surface area (Å²) in [4.78, 5) is 0. The van der Waals surface area contributed by atoms with Crippen molar-refractivity contribution in [3.8, 4) is 11.1 Å². The van der Waals surface area contributed by atoms with Crippen LogP contribution in [-0.4, -0.2) is 9.52 Å². The largest absolute Gasteiger partial charge is 0.168 e. The van der Waals surface area contributed by atoms with E-state index in [1.165, 1.54) is 50.2 Å². The zero-order chi connectivity index (χ0) is 27.3. The van der Waals surface area contributed by atoms with E-state index in [-0.39, 0.29) is 5.41 Å². The Bertz CT molecular complexity index is 1280. The van der Waals surface area contributed by atoms with Crippen molar-refractivity contribution in [1.82, 2.24) is 0 Å². The second kappa shape index (κ2) is 16.5. The maximum absolute atomic E-state index is 4.93. The Kier molecular flexibility index (Phi) is 14.2. The van der Waals surface area contributed by atoms with Crippen LogP contribution in [0.5, 0.6) is 0 Å². The van der Waals surface area contributed by atoms with Gasteiger partial charge < -0.3 is 0 Å². The van der Waals surface area contributed by atoms with E-state index in [4.69, 9.17) is 17.0 Å². The van der Waals surface area contributed by atoms with Crippen molar-refractivity contribution < 1.29 is 20.8 Å². The normalized spacial score (nSPS) is 10.4. The van der Waals surface area contributed by atoms with E-state index in [1.807, 2.05) is 0 Å². The fraction of sp³-hybridized carbons (Fsp3) is 0.273. The van der Waals surface area contributed by atoms with Crippen LogP contribution < -0.4 is 0 Å². The van der Waals surface area contributed by atoms with Gasteiger partial charge in [0.1, 0.15) is 0 Å². The van der Waals surface area contributed by atoms with Crippen molar-refractivity contribution >= 4 is 48.1 Å². The average Bonchev–Trinajstić information content (AvgIpc) is 3.52. The first-order valence-corrected chi connectivity index (χ1v) is 21.1. The van der Waals surface area contributed by atoms with Crippen molar-refractivity contribution in [3.05, 3.63) is 108 Å². The Morgan fingerprint density at radius 1 is 0.838 bits per heavy atom. The molecule has 5 aromatic rings. The third-order valence-corrected chi connectivity index (χ3v) is 5.96. The van der Waals surface area contributed by atoms with Crippen LogP contribution in [-0.2, 0) is 32.7 Å². The molecule has 0 amide bonds. The van der Waals surface area contributed by atoms with Gasteiger partial charge in [-0.25, -0.2) is 0 Å². The summed E-state index contributed by atoms with van der Waals surface area (Å²) in [7, 11) is 11.0. The van der Waals surface area contributed by atoms with E-state index < -0.39 is 20.8 Å². The molecular weight excluding hydrogens is 587 g/mol. The molecule has 5 rings (SSSR count). The smallest absolute Gasteiger partial charge is 0.0809 e. The third-order valence-electron chi connectivity index (χ3n) is 5.96. The Balaban J connectivity index is 0.000000263. The predicted molar refractivity (Wildman–Crippen MR) is 166 cm³/mol. The number of benzene rings is 3. The van der Waals surface area contributed by atoms with E-state index in [1.54, 1.807) is 0 Å². The van der Waals surface area contributed by atoms with Crippen LogP contribution in [0.25, 0.3) is 32.7 Å². The molecule has 0 aliphatic heterocycles. The fourth-order valence-electron chi connectivity index (χ4n) is 4.20. The minimum atomic E-state index is -0.826. The standard InChI is InChI=1S/C22H25.C9H7.C2H6Si.2ClH.Zr/c1-5-7-16-14-18-8-6-9-20(21(18)15-16)17-10-12-19(13-11-17)22(2,3)4;1-2-5-9-7-3-6-8(9)4-1;1-3-2;;;/h6,8-15H,5,7H2,1-4H3;1-7H;1-2H3;2*1H;/q2*-1;;;;+4/p-2. The van der Waals surface area contributed by atoms with Crippen molar-refractivity contribution in [2.24, 2.45) is 0 Å². The first-order chi connectivity index (χ1) is 17.8. The number of hydrogen-bond donors (Lipinski definition) is 0. The predicted octanol–water partition coefficient (Wildman–Crippen LogP) is 11.2. The molecule has 4 heteroatoms. The molecule has 0 aliphatic carbocycles. The van der Waals surface area contributed by atoms with Gasteiger partial charge in [0, 0.05) is 9.52 Å². The maximum Gasteiger partial charge on any atom is -0.0809 e. The topological polar surface area (TPSA) is 0 Å². The quantitative estimate of drug-likeness (QED) is 0.138. The number of fused-ring (bicyclic) bond motifs is 2. The van der Waals surface area contributed by atoms with Crippen LogP contribution in [0.15, 0.2) is 97.1 Å². The maximum atomic E-state index is 4.93. The second-order valence-electron chi connectivity index (χ2n) is 9.98. The molecule has 0 nitrogen and oxygen atoms in total. The summed E-state index contributed by atoms with van der Waals surface area (Å²) in [6.45, 7) is 13.3. The summed E-state index contributed by atoms with van der Waals surface area (Å²) in [5.74, 6) is 0. The zero-order valence-electron chi connectivity index (χ0n) is 22.9. The second-order valence-corrected chi connectivity index (χ2v) is 14.7. The van der Waals surface area contributed by atoms with Gasteiger partial charge in [-0.05, 0) is 23.0 Å². The van der Waals surface area contributed by atoms with Crippen molar-refractivity contribution in [2.45, 2.75) is 59.0 Å². The van der Waals surface area contributed by atoms with E-state index in [0.29, 0.717) is 0 Å². The van der Waals surface area contributed by atoms with Crippen LogP contribution >= 0.6 is 17.0 Å². The Labute approximate surface area is 245 Å². The van der Waals surface area contributed by atoms with Gasteiger partial charge in [-0.3, -0.25) is 0 Å². The molecule has 0 N–H and O–H groups in total. The average molecular weight is 625 g/mol. The van der Waals surface area contributed by atoms with E-state index in [9.17, 15) is 0 Å². The molecule has 0 spiro atoms. The SMILES string of the molecule is CCCc1cc2c(-c3ccc(C(C)(C)C)cc3)cccc2[cH-]1.C[Si]C.[Cl][Zr+2][Cl].c1ccc2[cH-]ccc2c1. The molecule has 0 saturated heterocycles. The Hall–Kier alpha value is -1.44. The summed E-state index contributed by atoms with van der Waals surface area (Å²) in [5.41, 5.74) is 5.71. The van der Waals surface area contributed by atoms with E-state index in [0.717, 1.165) is 15.9 Å². The summed E-state index contributed by atoms with van der Waals surface area (Å²) in [5, 5.41) is 5.41. The van der Waals surface area contributed by atoms with Gasteiger partial charge >= 0.3 is 37.9 Å². The minimum absolute atomic E-state index is 0.207. The molecule has 0 heterocycles. The monoisotopic (exact) mass is 622 g/mol. The summed E-state index contributed by atoms with van der Waals surface area (Å²) in [6, 6.07) is 35.1.